The Labute approximate surface area is 221 Å². The normalized spacial score (nSPS) is 20.4. The van der Waals surface area contributed by atoms with Gasteiger partial charge in [-0.15, -0.1) is 0 Å². The number of nitrogens with zero attached hydrogens (tertiary/aromatic N) is 5. The van der Waals surface area contributed by atoms with Gasteiger partial charge in [-0.1, -0.05) is 12.1 Å². The van der Waals surface area contributed by atoms with Gasteiger partial charge in [0.15, 0.2) is 5.82 Å². The molecule has 38 heavy (non-hydrogen) atoms. The highest BCUT2D eigenvalue weighted by molar-refractivity contribution is 5.78. The van der Waals surface area contributed by atoms with Crippen molar-refractivity contribution in [2.24, 2.45) is 5.92 Å². The van der Waals surface area contributed by atoms with Crippen LogP contribution in [0.4, 0.5) is 14.7 Å². The van der Waals surface area contributed by atoms with Crippen LogP contribution in [0.5, 0.6) is 5.88 Å². The van der Waals surface area contributed by atoms with Gasteiger partial charge >= 0.3 is 0 Å². The molecule has 0 unspecified atom stereocenters. The van der Waals surface area contributed by atoms with Gasteiger partial charge < -0.3 is 24.4 Å². The number of methoxy groups -OCH3 is 1. The minimum absolute atomic E-state index is 0.0223. The number of fused-ring (bicyclic) bond motifs is 1. The molecule has 0 bridgehead atoms. The number of morpholine rings is 1. The zero-order valence-corrected chi connectivity index (χ0v) is 21.8. The van der Waals surface area contributed by atoms with Crippen LogP contribution in [-0.4, -0.2) is 78.7 Å². The van der Waals surface area contributed by atoms with E-state index in [-0.39, 0.29) is 11.9 Å². The lowest BCUT2D eigenvalue weighted by molar-refractivity contribution is 0.119. The van der Waals surface area contributed by atoms with Crippen molar-refractivity contribution in [3.63, 3.8) is 0 Å². The number of benzene rings is 1. The lowest BCUT2D eigenvalue weighted by Gasteiger charge is -2.30. The zero-order valence-electron chi connectivity index (χ0n) is 21.8. The van der Waals surface area contributed by atoms with Gasteiger partial charge in [-0.05, 0) is 63.2 Å². The second-order valence-electron chi connectivity index (χ2n) is 9.87. The summed E-state index contributed by atoms with van der Waals surface area (Å²) in [7, 11) is 1.72. The first-order valence-electron chi connectivity index (χ1n) is 13.5. The van der Waals surface area contributed by atoms with Crippen molar-refractivity contribution in [3.05, 3.63) is 36.2 Å². The van der Waals surface area contributed by atoms with Crippen LogP contribution in [-0.2, 0) is 9.47 Å². The molecule has 2 fully saturated rings. The van der Waals surface area contributed by atoms with E-state index in [4.69, 9.17) is 24.2 Å². The predicted molar refractivity (Wildman–Crippen MR) is 140 cm³/mol. The third kappa shape index (κ3) is 6.39. The molecule has 5 rings (SSSR count). The monoisotopic (exact) mass is 530 g/mol. The zero-order chi connectivity index (χ0) is 26.3. The summed E-state index contributed by atoms with van der Waals surface area (Å²) in [6.07, 6.45) is 2.26. The van der Waals surface area contributed by atoms with Crippen LogP contribution in [0, 0.1) is 5.92 Å². The number of para-hydroxylation sites is 2. The molecular formula is C27H36F2N6O3. The highest BCUT2D eigenvalue weighted by Crippen LogP contribution is 2.31. The molecule has 1 N–H and O–H groups in total. The van der Waals surface area contributed by atoms with E-state index in [2.05, 4.69) is 10.3 Å². The Morgan fingerprint density at radius 1 is 1.08 bits per heavy atom. The van der Waals surface area contributed by atoms with Crippen LogP contribution in [0.3, 0.4) is 0 Å². The molecule has 11 heteroatoms. The molecule has 9 nitrogen and oxygen atoms in total. The first-order chi connectivity index (χ1) is 18.6. The molecule has 1 aromatic carbocycles. The van der Waals surface area contributed by atoms with Gasteiger partial charge in [0.05, 0.1) is 24.2 Å². The van der Waals surface area contributed by atoms with E-state index in [1.165, 1.54) is 4.57 Å². The Hall–Kier alpha value is -2.89. The molecule has 0 amide bonds. The topological polar surface area (TPSA) is 86.6 Å². The molecule has 1 aliphatic heterocycles. The van der Waals surface area contributed by atoms with E-state index in [0.717, 1.165) is 51.8 Å². The Balaban J connectivity index is 1.36. The molecule has 2 aromatic heterocycles. The third-order valence-corrected chi connectivity index (χ3v) is 7.20. The van der Waals surface area contributed by atoms with Crippen LogP contribution in [0.15, 0.2) is 30.3 Å². The number of rotatable bonds is 11. The number of halogens is 2. The maximum atomic E-state index is 14.1. The number of hydrogen-bond donors (Lipinski definition) is 1. The van der Waals surface area contributed by atoms with Crippen LogP contribution >= 0.6 is 0 Å². The molecule has 1 aliphatic carbocycles. The third-order valence-electron chi connectivity index (χ3n) is 7.20. The van der Waals surface area contributed by atoms with E-state index in [1.807, 2.05) is 11.0 Å². The number of ether oxygens (including phenoxy) is 3. The minimum atomic E-state index is -2.76. The Bertz CT molecular complexity index is 1180. The quantitative estimate of drug-likeness (QED) is 0.370. The molecular weight excluding hydrogens is 494 g/mol. The van der Waals surface area contributed by atoms with E-state index in [9.17, 15) is 8.78 Å². The van der Waals surface area contributed by atoms with Crippen molar-refractivity contribution in [1.82, 2.24) is 24.8 Å². The Kier molecular flexibility index (Phi) is 8.98. The first kappa shape index (κ1) is 26.7. The van der Waals surface area contributed by atoms with Crippen LogP contribution in [0.1, 0.15) is 44.4 Å². The van der Waals surface area contributed by atoms with Crippen molar-refractivity contribution in [3.8, 4) is 11.7 Å². The van der Waals surface area contributed by atoms with Crippen LogP contribution in [0.25, 0.3) is 16.9 Å². The van der Waals surface area contributed by atoms with Gasteiger partial charge in [0.1, 0.15) is 11.9 Å². The molecule has 0 radical (unpaired) electrons. The van der Waals surface area contributed by atoms with Gasteiger partial charge in [0.2, 0.25) is 11.8 Å². The molecule has 1 saturated carbocycles. The van der Waals surface area contributed by atoms with E-state index >= 15 is 0 Å². The fourth-order valence-electron chi connectivity index (χ4n) is 5.18. The fraction of sp³-hybridized carbons (Fsp3) is 0.593. The molecule has 0 atom stereocenters. The summed E-state index contributed by atoms with van der Waals surface area (Å²) in [4.78, 5) is 15.6. The Morgan fingerprint density at radius 2 is 1.87 bits per heavy atom. The first-order valence-corrected chi connectivity index (χ1v) is 13.5. The molecule has 0 spiro atoms. The molecule has 206 valence electrons. The van der Waals surface area contributed by atoms with E-state index in [1.54, 1.807) is 31.4 Å². The lowest BCUT2D eigenvalue weighted by Crippen LogP contribution is -2.37. The van der Waals surface area contributed by atoms with Gasteiger partial charge in [-0.25, -0.2) is 13.8 Å². The minimum Gasteiger partial charge on any atom is -0.474 e. The maximum Gasteiger partial charge on any atom is 0.296 e. The summed E-state index contributed by atoms with van der Waals surface area (Å²) < 4.78 is 46.5. The number of imidazole rings is 1. The second-order valence-corrected chi connectivity index (χ2v) is 9.87. The Morgan fingerprint density at radius 3 is 2.63 bits per heavy atom. The molecule has 3 aromatic rings. The average Bonchev–Trinajstić information content (AvgIpc) is 3.34. The average molecular weight is 531 g/mol. The molecule has 1 saturated heterocycles. The van der Waals surface area contributed by atoms with Gasteiger partial charge in [-0.2, -0.15) is 9.97 Å². The van der Waals surface area contributed by atoms with Crippen LogP contribution in [0.2, 0.25) is 0 Å². The predicted octanol–water partition coefficient (Wildman–Crippen LogP) is 4.15. The van der Waals surface area contributed by atoms with Crippen molar-refractivity contribution in [2.45, 2.75) is 44.6 Å². The van der Waals surface area contributed by atoms with Crippen LogP contribution < -0.4 is 15.0 Å². The summed E-state index contributed by atoms with van der Waals surface area (Å²) in [6.45, 7) is 5.10. The highest BCUT2D eigenvalue weighted by atomic mass is 19.3. The number of aromatic nitrogens is 4. The summed E-state index contributed by atoms with van der Waals surface area (Å²) >= 11 is 0. The van der Waals surface area contributed by atoms with Crippen molar-refractivity contribution in [1.29, 1.82) is 0 Å². The highest BCUT2D eigenvalue weighted by Gasteiger charge is 2.26. The van der Waals surface area contributed by atoms with Crippen molar-refractivity contribution >= 4 is 17.0 Å². The standard InChI is InChI=1S/C27H36F2N6O3/c1-36-14-4-11-30-18-19-7-9-20(10-8-19)38-24-17-23(32-27(33-24)34-12-15-37-16-13-34)35-22-6-3-2-5-21(22)31-26(35)25(28)29/h2-3,5-6,17,19-20,25,30H,4,7-16,18H2,1H3. The molecule has 3 heterocycles. The summed E-state index contributed by atoms with van der Waals surface area (Å²) in [5.41, 5.74) is 1.06. The molecule has 2 aliphatic rings. The number of anilines is 1. The van der Waals surface area contributed by atoms with Gasteiger partial charge in [-0.3, -0.25) is 4.57 Å². The SMILES string of the molecule is COCCCNCC1CCC(Oc2cc(-n3c(C(F)F)nc4ccccc43)nc(N3CCOCC3)n2)CC1. The van der Waals surface area contributed by atoms with Crippen molar-refractivity contribution < 1.29 is 23.0 Å². The van der Waals surface area contributed by atoms with E-state index < -0.39 is 6.43 Å². The summed E-state index contributed by atoms with van der Waals surface area (Å²) in [6, 6.07) is 8.75. The largest absolute Gasteiger partial charge is 0.474 e. The van der Waals surface area contributed by atoms with Gasteiger partial charge in [0, 0.05) is 32.9 Å². The number of hydrogen-bond acceptors (Lipinski definition) is 8. The lowest BCUT2D eigenvalue weighted by atomic mass is 9.87. The number of alkyl halides is 2. The van der Waals surface area contributed by atoms with E-state index in [0.29, 0.717) is 60.9 Å². The fourth-order valence-corrected chi connectivity index (χ4v) is 5.18. The smallest absolute Gasteiger partial charge is 0.296 e. The summed E-state index contributed by atoms with van der Waals surface area (Å²) in [5.74, 6) is 1.45. The second kappa shape index (κ2) is 12.8. The van der Waals surface area contributed by atoms with Gasteiger partial charge in [0.25, 0.3) is 6.43 Å². The summed E-state index contributed by atoms with van der Waals surface area (Å²) in [5, 5.41) is 3.52. The maximum absolute atomic E-state index is 14.1. The number of nitrogens with one attached hydrogen (secondary N) is 1. The van der Waals surface area contributed by atoms with Crippen molar-refractivity contribution in [2.75, 3.05) is 58.0 Å².